The number of hydrogen-bond donors (Lipinski definition) is 1. The predicted octanol–water partition coefficient (Wildman–Crippen LogP) is 15.8. The highest BCUT2D eigenvalue weighted by molar-refractivity contribution is 8.77. The quantitative estimate of drug-likeness (QED) is 0.0236. The second-order valence-corrected chi connectivity index (χ2v) is 26.0. The van der Waals surface area contributed by atoms with Crippen LogP contribution >= 0.6 is 21.6 Å². The van der Waals surface area contributed by atoms with Gasteiger partial charge < -0.3 is 38.4 Å². The summed E-state index contributed by atoms with van der Waals surface area (Å²) in [7, 11) is 8.52. The Labute approximate surface area is 480 Å². The van der Waals surface area contributed by atoms with Crippen LogP contribution in [0.1, 0.15) is 125 Å². The Balaban J connectivity index is 0.798. The highest BCUT2D eigenvalue weighted by Crippen LogP contribution is 2.62. The van der Waals surface area contributed by atoms with Crippen LogP contribution in [0.25, 0.3) is 0 Å². The molecule has 19 heteroatoms. The molecule has 0 amide bonds. The number of benzene rings is 4. The van der Waals surface area contributed by atoms with Gasteiger partial charge >= 0.3 is 24.1 Å². The van der Waals surface area contributed by atoms with E-state index in [1.165, 1.54) is 23.1 Å². The molecule has 0 aliphatic heterocycles. The highest BCUT2D eigenvalue weighted by atomic mass is 33.1. The van der Waals surface area contributed by atoms with Gasteiger partial charge in [0.15, 0.2) is 0 Å². The van der Waals surface area contributed by atoms with Gasteiger partial charge in [0.1, 0.15) is 22.8 Å². The number of alkyl halides is 9. The van der Waals surface area contributed by atoms with Crippen molar-refractivity contribution in [3.63, 3.8) is 0 Å². The Morgan fingerprint density at radius 1 is 0.679 bits per heavy atom. The molecule has 7 rings (SSSR count). The SMILES string of the molecule is COc1ccc(C(OCC(CO)CCCCCCSSC(C)(C)CCOc2ccc3c(c2)CCC2C3CC[C@@]3(C)C2CC[C@@H]3OCCN(C)CCOC(C(F)(F)F)(C(F)(F)F)C(F)(F)F)(c2ccccc2)c2ccc(OC)cc2)cc1. The van der Waals surface area contributed by atoms with Gasteiger partial charge in [0.05, 0.1) is 46.8 Å². The Hall–Kier alpha value is -3.85. The van der Waals surface area contributed by atoms with Crippen molar-refractivity contribution >= 4 is 21.6 Å². The Morgan fingerprint density at radius 2 is 1.27 bits per heavy atom. The van der Waals surface area contributed by atoms with E-state index in [9.17, 15) is 44.6 Å². The van der Waals surface area contributed by atoms with Crippen LogP contribution in [0.3, 0.4) is 0 Å². The topological polar surface area (TPSA) is 78.9 Å². The minimum atomic E-state index is -6.76. The normalized spacial score (nSPS) is 21.1. The fraction of sp³-hybridized carbons (Fsp3) is 0.613. The second kappa shape index (κ2) is 27.9. The minimum absolute atomic E-state index is 0.0164. The molecule has 1 N–H and O–H groups in total. The van der Waals surface area contributed by atoms with Gasteiger partial charge in [-0.15, -0.1) is 0 Å². The number of likely N-dealkylation sites (N-methyl/N-ethyl adjacent to an activating group) is 1. The zero-order valence-corrected chi connectivity index (χ0v) is 49.0. The van der Waals surface area contributed by atoms with Crippen molar-refractivity contribution < 1.29 is 73.0 Å². The summed E-state index contributed by atoms with van der Waals surface area (Å²) in [6, 6.07) is 32.7. The van der Waals surface area contributed by atoms with Crippen LogP contribution in [0.4, 0.5) is 39.5 Å². The lowest BCUT2D eigenvalue weighted by Crippen LogP contribution is -2.68. The van der Waals surface area contributed by atoms with Crippen molar-refractivity contribution in [1.82, 2.24) is 4.90 Å². The summed E-state index contributed by atoms with van der Waals surface area (Å²) in [5.41, 5.74) is -1.71. The van der Waals surface area contributed by atoms with Gasteiger partial charge in [0.2, 0.25) is 0 Å². The highest BCUT2D eigenvalue weighted by Gasteiger charge is 2.85. The summed E-state index contributed by atoms with van der Waals surface area (Å²) in [5, 5.41) is 10.6. The first-order chi connectivity index (χ1) is 38.4. The van der Waals surface area contributed by atoms with Gasteiger partial charge in [-0.25, -0.2) is 0 Å². The molecule has 0 heterocycles. The fourth-order valence-corrected chi connectivity index (χ4v) is 15.3. The van der Waals surface area contributed by atoms with Gasteiger partial charge in [-0.05, 0) is 166 Å². The molecule has 2 saturated carbocycles. The molecule has 4 aromatic carbocycles. The van der Waals surface area contributed by atoms with E-state index >= 15 is 0 Å². The molecule has 3 aliphatic rings. The number of ether oxygens (including phenoxy) is 6. The van der Waals surface area contributed by atoms with E-state index in [-0.39, 0.29) is 41.9 Å². The lowest BCUT2D eigenvalue weighted by Gasteiger charge is -2.50. The number of aryl methyl sites for hydroxylation is 1. The van der Waals surface area contributed by atoms with Gasteiger partial charge in [0, 0.05) is 36.1 Å². The van der Waals surface area contributed by atoms with Crippen LogP contribution in [0, 0.1) is 23.2 Å². The molecular formula is C62H80F9NO7S2. The van der Waals surface area contributed by atoms with E-state index in [2.05, 4.69) is 55.8 Å². The molecule has 0 aromatic heterocycles. The third kappa shape index (κ3) is 15.2. The molecule has 2 fully saturated rings. The number of rotatable bonds is 30. The fourth-order valence-electron chi connectivity index (χ4n) is 12.6. The van der Waals surface area contributed by atoms with E-state index in [0.717, 1.165) is 117 Å². The zero-order chi connectivity index (χ0) is 58.7. The summed E-state index contributed by atoms with van der Waals surface area (Å²) >= 11 is 0. The standard InChI is InChI=1S/C62H80F9NO7S2/c1-56(2,81-80-39-13-8-7-10-14-43(41-73)42-79-58(45-15-11-9-12-16-45,46-18-22-48(74-5)23-19-46)47-20-24-49(75-6)25-21-47)33-36-76-50-26-28-51-44(40-50)17-27-53-52(51)31-32-57(3)54(53)29-30-55(57)77-37-34-72(4)35-38-78-59(60(63,64)65,61(66,67)68)62(69,70)71/h9,11-12,15-16,18-26,28,40,43,52-55,73H,7-8,10,13-14,17,27,29-39,41-42H2,1-6H3/t43?,52?,53?,54?,55-,57-/m0/s1. The Morgan fingerprint density at radius 3 is 1.88 bits per heavy atom. The molecule has 4 aromatic rings. The Kier molecular flexibility index (Phi) is 22.3. The van der Waals surface area contributed by atoms with Gasteiger partial charge in [0.25, 0.3) is 0 Å². The van der Waals surface area contributed by atoms with Gasteiger partial charge in [-0.1, -0.05) is 108 Å². The van der Waals surface area contributed by atoms with Crippen molar-refractivity contribution in [2.75, 3.05) is 73.1 Å². The lowest BCUT2D eigenvalue weighted by atomic mass is 9.55. The van der Waals surface area contributed by atoms with E-state index in [0.29, 0.717) is 31.0 Å². The maximum absolute atomic E-state index is 13.3. The van der Waals surface area contributed by atoms with Crippen molar-refractivity contribution in [2.45, 2.75) is 144 Å². The van der Waals surface area contributed by atoms with Crippen LogP contribution in [-0.4, -0.2) is 118 Å². The number of methoxy groups -OCH3 is 2. The lowest BCUT2D eigenvalue weighted by molar-refractivity contribution is -0.457. The van der Waals surface area contributed by atoms with Crippen LogP contribution in [-0.2, 0) is 26.2 Å². The molecule has 0 radical (unpaired) electrons. The number of hydrogen-bond acceptors (Lipinski definition) is 10. The number of nitrogens with zero attached hydrogens (tertiary/aromatic N) is 1. The molecule has 6 atom stereocenters. The summed E-state index contributed by atoms with van der Waals surface area (Å²) in [6.07, 6.45) is -8.63. The van der Waals surface area contributed by atoms with Crippen molar-refractivity contribution in [3.8, 4) is 17.2 Å². The first-order valence-electron chi connectivity index (χ1n) is 28.2. The predicted molar refractivity (Wildman–Crippen MR) is 301 cm³/mol. The third-order valence-electron chi connectivity index (χ3n) is 17.2. The number of fused-ring (bicyclic) bond motifs is 5. The maximum Gasteiger partial charge on any atom is 0.435 e. The summed E-state index contributed by atoms with van der Waals surface area (Å²) in [4.78, 5) is 1.31. The van der Waals surface area contributed by atoms with Gasteiger partial charge in [-0.3, -0.25) is 0 Å². The summed E-state index contributed by atoms with van der Waals surface area (Å²) in [6.45, 7) is 5.96. The summed E-state index contributed by atoms with van der Waals surface area (Å²) < 4.78 is 154. The number of halogens is 9. The first kappa shape index (κ1) is 64.7. The second-order valence-electron chi connectivity index (χ2n) is 22.9. The molecule has 4 unspecified atom stereocenters. The van der Waals surface area contributed by atoms with Crippen LogP contribution in [0.15, 0.2) is 97.1 Å². The average Bonchev–Trinajstić information content (AvgIpc) is 3.89. The average molecular weight is 1190 g/mol. The van der Waals surface area contributed by atoms with Crippen LogP contribution in [0.2, 0.25) is 0 Å². The number of unbranched alkanes of at least 4 members (excludes halogenated alkanes) is 3. The molecule has 450 valence electrons. The third-order valence-corrected chi connectivity index (χ3v) is 20.6. The zero-order valence-electron chi connectivity index (χ0n) is 47.3. The molecule has 3 aliphatic carbocycles. The Bertz CT molecular complexity index is 2470. The summed E-state index contributed by atoms with van der Waals surface area (Å²) in [5.74, 6) is 4.71. The van der Waals surface area contributed by atoms with Crippen molar-refractivity contribution in [3.05, 3.63) is 125 Å². The smallest absolute Gasteiger partial charge is 0.435 e. The number of aliphatic hydroxyl groups excluding tert-OH is 1. The van der Waals surface area contributed by atoms with E-state index in [1.807, 2.05) is 88.3 Å². The molecular weight excluding hydrogens is 1110 g/mol. The monoisotopic (exact) mass is 1190 g/mol. The van der Waals surface area contributed by atoms with Crippen LogP contribution in [0.5, 0.6) is 17.2 Å². The molecule has 0 bridgehead atoms. The maximum atomic E-state index is 13.3. The van der Waals surface area contributed by atoms with Crippen LogP contribution < -0.4 is 14.2 Å². The van der Waals surface area contributed by atoms with E-state index in [1.54, 1.807) is 14.2 Å². The molecule has 0 saturated heterocycles. The van der Waals surface area contributed by atoms with E-state index < -0.39 is 42.9 Å². The largest absolute Gasteiger partial charge is 0.497 e. The number of aliphatic hydroxyl groups is 1. The first-order valence-corrected chi connectivity index (χ1v) is 30.5. The molecule has 81 heavy (non-hydrogen) atoms. The van der Waals surface area contributed by atoms with Crippen molar-refractivity contribution in [1.29, 1.82) is 0 Å². The minimum Gasteiger partial charge on any atom is -0.497 e. The van der Waals surface area contributed by atoms with Crippen molar-refractivity contribution in [2.24, 2.45) is 23.2 Å². The molecule has 0 spiro atoms. The molecule has 8 nitrogen and oxygen atoms in total. The van der Waals surface area contributed by atoms with E-state index in [4.69, 9.17) is 23.7 Å². The van der Waals surface area contributed by atoms with Gasteiger partial charge in [-0.2, -0.15) is 39.5 Å².